The Balaban J connectivity index is 1.88. The van der Waals surface area contributed by atoms with E-state index in [-0.39, 0.29) is 0 Å². The molecule has 0 aliphatic carbocycles. The molecule has 0 saturated carbocycles. The van der Waals surface area contributed by atoms with Crippen LogP contribution < -0.4 is 11.1 Å². The number of benzene rings is 1. The molecule has 3 N–H and O–H groups in total. The Kier molecular flexibility index (Phi) is 3.96. The number of nitrogens with two attached hydrogens (primary N) is 1. The average Bonchev–Trinajstić information content (AvgIpc) is 2.29. The molecule has 2 rings (SSSR count). The smallest absolute Gasteiger partial charge is 0.0574 e. The summed E-state index contributed by atoms with van der Waals surface area (Å²) in [5, 5.41) is 3.40. The lowest BCUT2D eigenvalue weighted by atomic mass is 10.0. The summed E-state index contributed by atoms with van der Waals surface area (Å²) in [7, 11) is 0. The number of thiol groups is 1. The van der Waals surface area contributed by atoms with Gasteiger partial charge in [0.1, 0.15) is 0 Å². The second-order valence-electron chi connectivity index (χ2n) is 4.21. The second kappa shape index (κ2) is 5.46. The van der Waals surface area contributed by atoms with Crippen LogP contribution >= 0.6 is 12.6 Å². The number of hydrogen-bond donors (Lipinski definition) is 3. The van der Waals surface area contributed by atoms with Gasteiger partial charge in [-0.05, 0) is 37.0 Å². The first-order valence-corrected chi connectivity index (χ1v) is 6.10. The van der Waals surface area contributed by atoms with Crippen molar-refractivity contribution in [1.82, 2.24) is 0 Å². The summed E-state index contributed by atoms with van der Waals surface area (Å²) in [6.07, 6.45) is 2.27. The van der Waals surface area contributed by atoms with Crippen LogP contribution in [0.3, 0.4) is 0 Å². The van der Waals surface area contributed by atoms with Crippen LogP contribution in [0.25, 0.3) is 0 Å². The minimum Gasteiger partial charge on any atom is -0.397 e. The molecule has 1 aromatic carbocycles. The van der Waals surface area contributed by atoms with Crippen LogP contribution in [-0.2, 0) is 4.74 Å². The number of hydrogen-bond acceptors (Lipinski definition) is 4. The molecule has 1 aliphatic rings. The van der Waals surface area contributed by atoms with Crippen molar-refractivity contribution in [3.05, 3.63) is 18.2 Å². The Labute approximate surface area is 102 Å². The van der Waals surface area contributed by atoms with Gasteiger partial charge in [0.2, 0.25) is 0 Å². The normalized spacial score (nSPS) is 17.3. The van der Waals surface area contributed by atoms with Crippen LogP contribution in [0.15, 0.2) is 23.1 Å². The fraction of sp³-hybridized carbons (Fsp3) is 0.500. The maximum atomic E-state index is 5.90. The third-order valence-electron chi connectivity index (χ3n) is 2.96. The van der Waals surface area contributed by atoms with Gasteiger partial charge in [-0.15, -0.1) is 12.6 Å². The van der Waals surface area contributed by atoms with Crippen molar-refractivity contribution in [3.63, 3.8) is 0 Å². The summed E-state index contributed by atoms with van der Waals surface area (Å²) in [4.78, 5) is 0.897. The average molecular weight is 238 g/mol. The first kappa shape index (κ1) is 11.6. The van der Waals surface area contributed by atoms with Crippen molar-refractivity contribution in [2.75, 3.05) is 30.8 Å². The molecular formula is C12H18N2OS. The highest BCUT2D eigenvalue weighted by Gasteiger charge is 2.13. The molecule has 4 heteroatoms. The molecule has 0 bridgehead atoms. The molecule has 0 radical (unpaired) electrons. The molecular weight excluding hydrogens is 220 g/mol. The van der Waals surface area contributed by atoms with Crippen LogP contribution in [0, 0.1) is 5.92 Å². The van der Waals surface area contributed by atoms with Gasteiger partial charge in [-0.2, -0.15) is 0 Å². The maximum absolute atomic E-state index is 5.90. The minimum atomic E-state index is 0.698. The SMILES string of the molecule is Nc1cc(S)ccc1NCC1CCOCC1. The Morgan fingerprint density at radius 2 is 2.12 bits per heavy atom. The molecule has 1 fully saturated rings. The van der Waals surface area contributed by atoms with Crippen molar-refractivity contribution in [1.29, 1.82) is 0 Å². The maximum Gasteiger partial charge on any atom is 0.0574 e. The van der Waals surface area contributed by atoms with Crippen LogP contribution in [0.1, 0.15) is 12.8 Å². The highest BCUT2D eigenvalue weighted by Crippen LogP contribution is 2.23. The van der Waals surface area contributed by atoms with Gasteiger partial charge in [-0.1, -0.05) is 0 Å². The third-order valence-corrected chi connectivity index (χ3v) is 3.24. The highest BCUT2D eigenvalue weighted by molar-refractivity contribution is 7.80. The predicted molar refractivity (Wildman–Crippen MR) is 70.1 cm³/mol. The van der Waals surface area contributed by atoms with Crippen LogP contribution in [0.4, 0.5) is 11.4 Å². The van der Waals surface area contributed by atoms with Crippen molar-refractivity contribution in [2.45, 2.75) is 17.7 Å². The molecule has 0 spiro atoms. The van der Waals surface area contributed by atoms with Gasteiger partial charge >= 0.3 is 0 Å². The van der Waals surface area contributed by atoms with Crippen molar-refractivity contribution in [2.24, 2.45) is 5.92 Å². The van der Waals surface area contributed by atoms with Crippen molar-refractivity contribution >= 4 is 24.0 Å². The number of anilines is 2. The summed E-state index contributed by atoms with van der Waals surface area (Å²) in [6, 6.07) is 5.80. The van der Waals surface area contributed by atoms with Crippen LogP contribution in [0.5, 0.6) is 0 Å². The van der Waals surface area contributed by atoms with Crippen LogP contribution in [0.2, 0.25) is 0 Å². The van der Waals surface area contributed by atoms with E-state index < -0.39 is 0 Å². The monoisotopic (exact) mass is 238 g/mol. The first-order valence-electron chi connectivity index (χ1n) is 5.66. The van der Waals surface area contributed by atoms with Gasteiger partial charge in [0.25, 0.3) is 0 Å². The molecule has 0 amide bonds. The molecule has 0 atom stereocenters. The van der Waals surface area contributed by atoms with E-state index in [0.29, 0.717) is 5.92 Å². The summed E-state index contributed by atoms with van der Waals surface area (Å²) in [5.41, 5.74) is 7.67. The summed E-state index contributed by atoms with van der Waals surface area (Å²) in [6.45, 7) is 2.74. The fourth-order valence-corrected chi connectivity index (χ4v) is 2.13. The lowest BCUT2D eigenvalue weighted by Crippen LogP contribution is -2.22. The van der Waals surface area contributed by atoms with Gasteiger partial charge < -0.3 is 15.8 Å². The predicted octanol–water partition coefficient (Wildman–Crippen LogP) is 2.40. The molecule has 0 unspecified atom stereocenters. The molecule has 1 aliphatic heterocycles. The molecule has 16 heavy (non-hydrogen) atoms. The van der Waals surface area contributed by atoms with Gasteiger partial charge in [-0.3, -0.25) is 0 Å². The van der Waals surface area contributed by atoms with E-state index in [1.54, 1.807) is 0 Å². The zero-order chi connectivity index (χ0) is 11.4. The Hall–Kier alpha value is -0.870. The Morgan fingerprint density at radius 3 is 2.81 bits per heavy atom. The quantitative estimate of drug-likeness (QED) is 0.560. The van der Waals surface area contributed by atoms with Gasteiger partial charge in [0, 0.05) is 24.7 Å². The van der Waals surface area contributed by atoms with Crippen molar-refractivity contribution < 1.29 is 4.74 Å². The molecule has 0 aromatic heterocycles. The number of nitrogen functional groups attached to an aromatic ring is 1. The zero-order valence-electron chi connectivity index (χ0n) is 9.28. The third kappa shape index (κ3) is 3.06. The van der Waals surface area contributed by atoms with E-state index in [2.05, 4.69) is 17.9 Å². The summed E-state index contributed by atoms with van der Waals surface area (Å²) < 4.78 is 5.33. The molecule has 88 valence electrons. The van der Waals surface area contributed by atoms with Gasteiger partial charge in [0.15, 0.2) is 0 Å². The largest absolute Gasteiger partial charge is 0.397 e. The van der Waals surface area contributed by atoms with E-state index in [0.717, 1.165) is 48.9 Å². The van der Waals surface area contributed by atoms with E-state index in [1.807, 2.05) is 18.2 Å². The molecule has 1 heterocycles. The zero-order valence-corrected chi connectivity index (χ0v) is 10.2. The van der Waals surface area contributed by atoms with Gasteiger partial charge in [0.05, 0.1) is 11.4 Å². The Morgan fingerprint density at radius 1 is 1.38 bits per heavy atom. The van der Waals surface area contributed by atoms with Crippen LogP contribution in [-0.4, -0.2) is 19.8 Å². The van der Waals surface area contributed by atoms with E-state index in [9.17, 15) is 0 Å². The van der Waals surface area contributed by atoms with Crippen molar-refractivity contribution in [3.8, 4) is 0 Å². The van der Waals surface area contributed by atoms with Gasteiger partial charge in [-0.25, -0.2) is 0 Å². The molecule has 1 saturated heterocycles. The van der Waals surface area contributed by atoms with E-state index in [1.165, 1.54) is 0 Å². The minimum absolute atomic E-state index is 0.698. The lowest BCUT2D eigenvalue weighted by molar-refractivity contribution is 0.0699. The fourth-order valence-electron chi connectivity index (χ4n) is 1.92. The highest BCUT2D eigenvalue weighted by atomic mass is 32.1. The standard InChI is InChI=1S/C12H18N2OS/c13-11-7-10(16)1-2-12(11)14-8-9-3-5-15-6-4-9/h1-2,7,9,14,16H,3-6,8,13H2. The molecule has 3 nitrogen and oxygen atoms in total. The second-order valence-corrected chi connectivity index (χ2v) is 4.72. The lowest BCUT2D eigenvalue weighted by Gasteiger charge is -2.23. The topological polar surface area (TPSA) is 47.3 Å². The number of nitrogens with one attached hydrogen (secondary N) is 1. The summed E-state index contributed by atoms with van der Waals surface area (Å²) >= 11 is 4.25. The van der Waals surface area contributed by atoms with E-state index >= 15 is 0 Å². The Bertz CT molecular complexity index is 351. The number of ether oxygens (including phenoxy) is 1. The first-order chi connectivity index (χ1) is 7.75. The number of rotatable bonds is 3. The van der Waals surface area contributed by atoms with E-state index in [4.69, 9.17) is 10.5 Å². The summed E-state index contributed by atoms with van der Waals surface area (Å²) in [5.74, 6) is 0.698. The molecule has 1 aromatic rings.